The summed E-state index contributed by atoms with van der Waals surface area (Å²) in [5.41, 5.74) is 3.51. The highest BCUT2D eigenvalue weighted by molar-refractivity contribution is 8.16. The minimum Gasteiger partial charge on any atom is -0.335 e. The second-order valence-electron chi connectivity index (χ2n) is 7.87. The van der Waals surface area contributed by atoms with E-state index in [1.807, 2.05) is 48.1 Å². The minimum absolute atomic E-state index is 0.0914. The number of pyridine rings is 1. The van der Waals surface area contributed by atoms with E-state index in [2.05, 4.69) is 44.8 Å². The van der Waals surface area contributed by atoms with E-state index in [9.17, 15) is 4.79 Å². The van der Waals surface area contributed by atoms with Crippen LogP contribution in [0.1, 0.15) is 35.0 Å². The van der Waals surface area contributed by atoms with Gasteiger partial charge in [-0.3, -0.25) is 4.98 Å². The van der Waals surface area contributed by atoms with Crippen LogP contribution in [0.2, 0.25) is 0 Å². The number of anilines is 1. The number of hydrogen-bond donors (Lipinski definition) is 2. The summed E-state index contributed by atoms with van der Waals surface area (Å²) in [6.45, 7) is 3.12. The topological polar surface area (TPSA) is 57.3 Å². The van der Waals surface area contributed by atoms with Gasteiger partial charge >= 0.3 is 6.03 Å². The van der Waals surface area contributed by atoms with Crippen LogP contribution in [0.5, 0.6) is 0 Å². The first kappa shape index (κ1) is 21.5. The fraction of sp³-hybridized carbons (Fsp3) is 0.478. The molecule has 2 aromatic rings. The maximum Gasteiger partial charge on any atom is 0.319 e. The number of amides is 2. The first-order valence-corrected chi connectivity index (χ1v) is 12.9. The van der Waals surface area contributed by atoms with Crippen LogP contribution < -0.4 is 10.6 Å². The Bertz CT molecular complexity index is 806. The average Bonchev–Trinajstić information content (AvgIpc) is 2.80. The maximum absolute atomic E-state index is 12.5. The molecule has 0 spiro atoms. The van der Waals surface area contributed by atoms with Gasteiger partial charge in [-0.15, -0.1) is 23.5 Å². The number of aromatic nitrogens is 1. The predicted octanol–water partition coefficient (Wildman–Crippen LogP) is 4.78. The third-order valence-corrected chi connectivity index (χ3v) is 8.65. The largest absolute Gasteiger partial charge is 0.335 e. The van der Waals surface area contributed by atoms with Crippen molar-refractivity contribution in [3.05, 3.63) is 59.9 Å². The molecule has 2 fully saturated rings. The van der Waals surface area contributed by atoms with Crippen molar-refractivity contribution in [3.8, 4) is 0 Å². The summed E-state index contributed by atoms with van der Waals surface area (Å²) < 4.78 is 0.486. The summed E-state index contributed by atoms with van der Waals surface area (Å²) in [4.78, 5) is 19.1. The first-order valence-electron chi connectivity index (χ1n) is 10.8. The van der Waals surface area contributed by atoms with Gasteiger partial charge in [-0.05, 0) is 72.6 Å². The van der Waals surface area contributed by atoms with E-state index in [1.54, 1.807) is 0 Å². The van der Waals surface area contributed by atoms with E-state index in [4.69, 9.17) is 0 Å². The van der Waals surface area contributed by atoms with E-state index in [0.29, 0.717) is 4.58 Å². The van der Waals surface area contributed by atoms with Crippen LogP contribution >= 0.6 is 23.5 Å². The van der Waals surface area contributed by atoms with Gasteiger partial charge in [0.25, 0.3) is 0 Å². The van der Waals surface area contributed by atoms with Crippen LogP contribution in [0, 0.1) is 0 Å². The summed E-state index contributed by atoms with van der Waals surface area (Å²) in [5.74, 6) is 2.44. The molecule has 4 rings (SSSR count). The summed E-state index contributed by atoms with van der Waals surface area (Å²) in [6.07, 6.45) is 8.04. The van der Waals surface area contributed by atoms with Crippen LogP contribution in [0.4, 0.5) is 10.5 Å². The lowest BCUT2D eigenvalue weighted by atomic mass is 10.0. The Hall–Kier alpha value is -1.70. The summed E-state index contributed by atoms with van der Waals surface area (Å²) in [5, 5.41) is 6.20. The number of likely N-dealkylation sites (tertiary alicyclic amines) is 1. The molecule has 0 aliphatic carbocycles. The summed E-state index contributed by atoms with van der Waals surface area (Å²) >= 11 is 4.00. The van der Waals surface area contributed by atoms with Crippen molar-refractivity contribution >= 4 is 35.2 Å². The van der Waals surface area contributed by atoms with Gasteiger partial charge in [0.05, 0.1) is 4.58 Å². The molecule has 1 aromatic heterocycles. The van der Waals surface area contributed by atoms with E-state index in [0.717, 1.165) is 44.6 Å². The number of thioether (sulfide) groups is 2. The first-order chi connectivity index (χ1) is 14.8. The SMILES string of the molecule is O=C(Nc1cccc(C2SCCCS2)c1)NC1CCN(CCc2ccncc2)CC1. The van der Waals surface area contributed by atoms with Crippen molar-refractivity contribution < 1.29 is 4.79 Å². The van der Waals surface area contributed by atoms with Crippen LogP contribution in [-0.2, 0) is 6.42 Å². The van der Waals surface area contributed by atoms with Crippen molar-refractivity contribution in [2.24, 2.45) is 0 Å². The molecule has 160 valence electrons. The summed E-state index contributed by atoms with van der Waals surface area (Å²) in [6, 6.07) is 12.6. The van der Waals surface area contributed by atoms with E-state index in [1.165, 1.54) is 29.1 Å². The van der Waals surface area contributed by atoms with Gasteiger partial charge in [0.2, 0.25) is 0 Å². The smallest absolute Gasteiger partial charge is 0.319 e. The average molecular weight is 443 g/mol. The molecule has 30 heavy (non-hydrogen) atoms. The third-order valence-electron chi connectivity index (χ3n) is 5.63. The molecule has 2 amide bonds. The van der Waals surface area contributed by atoms with E-state index in [-0.39, 0.29) is 12.1 Å². The van der Waals surface area contributed by atoms with Crippen molar-refractivity contribution in [1.29, 1.82) is 0 Å². The molecular weight excluding hydrogens is 412 g/mol. The standard InChI is InChI=1S/C23H30N4OS2/c28-23(26-21-4-1-3-19(17-21)22-29-15-2-16-30-22)25-20-8-13-27(14-9-20)12-7-18-5-10-24-11-6-18/h1,3-6,10-11,17,20,22H,2,7-9,12-16H2,(H2,25,26,28). The van der Waals surface area contributed by atoms with Crippen molar-refractivity contribution in [2.45, 2.75) is 36.3 Å². The van der Waals surface area contributed by atoms with Gasteiger partial charge in [-0.1, -0.05) is 12.1 Å². The number of nitrogens with one attached hydrogen (secondary N) is 2. The third kappa shape index (κ3) is 6.40. The molecule has 2 N–H and O–H groups in total. The number of benzene rings is 1. The normalized spacial score (nSPS) is 18.8. The summed E-state index contributed by atoms with van der Waals surface area (Å²) in [7, 11) is 0. The lowest BCUT2D eigenvalue weighted by molar-refractivity contribution is 0.197. The lowest BCUT2D eigenvalue weighted by Gasteiger charge is -2.32. The zero-order chi connectivity index (χ0) is 20.6. The zero-order valence-corrected chi connectivity index (χ0v) is 18.9. The number of piperidine rings is 1. The van der Waals surface area contributed by atoms with Crippen LogP contribution in [0.25, 0.3) is 0 Å². The molecule has 0 saturated carbocycles. The number of carbonyl (C=O) groups is 1. The fourth-order valence-corrected chi connectivity index (χ4v) is 6.81. The highest BCUT2D eigenvalue weighted by Crippen LogP contribution is 2.44. The molecule has 2 aliphatic heterocycles. The van der Waals surface area contributed by atoms with E-state index >= 15 is 0 Å². The number of nitrogens with zero attached hydrogens (tertiary/aromatic N) is 2. The van der Waals surface area contributed by atoms with Gasteiger partial charge in [-0.2, -0.15) is 0 Å². The Morgan fingerprint density at radius 2 is 1.87 bits per heavy atom. The molecule has 2 aliphatic rings. The van der Waals surface area contributed by atoms with Crippen LogP contribution in [0.15, 0.2) is 48.8 Å². The molecule has 1 aromatic carbocycles. The minimum atomic E-state index is -0.0914. The Morgan fingerprint density at radius 3 is 2.63 bits per heavy atom. The Balaban J connectivity index is 1.20. The number of rotatable bonds is 6. The molecular formula is C23H30N4OS2. The molecule has 7 heteroatoms. The van der Waals surface area contributed by atoms with Crippen molar-refractivity contribution in [3.63, 3.8) is 0 Å². The van der Waals surface area contributed by atoms with Gasteiger partial charge in [0, 0.05) is 43.8 Å². The number of hydrogen-bond acceptors (Lipinski definition) is 5. The second-order valence-corrected chi connectivity index (χ2v) is 10.6. The van der Waals surface area contributed by atoms with Crippen LogP contribution in [-0.4, -0.2) is 53.1 Å². The Kier molecular flexibility index (Phi) is 7.94. The van der Waals surface area contributed by atoms with Gasteiger partial charge < -0.3 is 15.5 Å². The Labute approximate surface area is 187 Å². The zero-order valence-electron chi connectivity index (χ0n) is 17.3. The second kappa shape index (κ2) is 11.1. The molecule has 5 nitrogen and oxygen atoms in total. The molecule has 0 unspecified atom stereocenters. The van der Waals surface area contributed by atoms with Gasteiger partial charge in [-0.25, -0.2) is 4.79 Å². The number of urea groups is 1. The van der Waals surface area contributed by atoms with Crippen molar-refractivity contribution in [1.82, 2.24) is 15.2 Å². The van der Waals surface area contributed by atoms with Crippen LogP contribution in [0.3, 0.4) is 0 Å². The molecule has 3 heterocycles. The molecule has 0 radical (unpaired) electrons. The van der Waals surface area contributed by atoms with Gasteiger partial charge in [0.1, 0.15) is 0 Å². The molecule has 0 bridgehead atoms. The molecule has 0 atom stereocenters. The molecule has 2 saturated heterocycles. The monoisotopic (exact) mass is 442 g/mol. The predicted molar refractivity (Wildman–Crippen MR) is 128 cm³/mol. The quantitative estimate of drug-likeness (QED) is 0.674. The maximum atomic E-state index is 12.5. The van der Waals surface area contributed by atoms with Gasteiger partial charge in [0.15, 0.2) is 0 Å². The fourth-order valence-electron chi connectivity index (χ4n) is 3.93. The highest BCUT2D eigenvalue weighted by atomic mass is 32.2. The Morgan fingerprint density at radius 1 is 1.10 bits per heavy atom. The van der Waals surface area contributed by atoms with E-state index < -0.39 is 0 Å². The van der Waals surface area contributed by atoms with Crippen molar-refractivity contribution in [2.75, 3.05) is 36.5 Å². The lowest BCUT2D eigenvalue weighted by Crippen LogP contribution is -2.46. The highest BCUT2D eigenvalue weighted by Gasteiger charge is 2.21. The number of carbonyl (C=O) groups excluding carboxylic acids is 1.